The molecule has 0 amide bonds. The third kappa shape index (κ3) is 8.59. The predicted molar refractivity (Wildman–Crippen MR) is 114 cm³/mol. The maximum absolute atomic E-state index is 10.0. The van der Waals surface area contributed by atoms with Crippen LogP contribution in [-0.4, -0.2) is 61.8 Å². The summed E-state index contributed by atoms with van der Waals surface area (Å²) in [5, 5.41) is 37.0. The number of hydrogen-bond donors (Lipinski definition) is 3. The number of aliphatic hydroxyl groups is 3. The van der Waals surface area contributed by atoms with Crippen LogP contribution in [0, 0.1) is 0 Å². The largest absolute Gasteiger partial charge is 0.394 e. The first-order valence-corrected chi connectivity index (χ1v) is 11.8. The van der Waals surface area contributed by atoms with Crippen LogP contribution >= 0.6 is 0 Å². The number of aliphatic hydroxyl groups excluding tert-OH is 3. The van der Waals surface area contributed by atoms with Gasteiger partial charge in [0.05, 0.1) is 19.4 Å². The normalized spacial score (nSPS) is 24.0. The van der Waals surface area contributed by atoms with Gasteiger partial charge in [-0.25, -0.2) is 4.68 Å². The molecule has 0 aliphatic carbocycles. The van der Waals surface area contributed by atoms with E-state index in [9.17, 15) is 10.2 Å². The van der Waals surface area contributed by atoms with Crippen LogP contribution in [-0.2, 0) is 16.1 Å². The minimum Gasteiger partial charge on any atom is -0.394 e. The van der Waals surface area contributed by atoms with Crippen LogP contribution in [0.4, 0.5) is 0 Å². The highest BCUT2D eigenvalue weighted by Crippen LogP contribution is 2.28. The molecule has 8 heteroatoms. The molecular formula is C22H41N3O5. The third-order valence-electron chi connectivity index (χ3n) is 5.73. The summed E-state index contributed by atoms with van der Waals surface area (Å²) in [6.07, 6.45) is 13.5. The average molecular weight is 428 g/mol. The fourth-order valence-electron chi connectivity index (χ4n) is 3.82. The fraction of sp³-hybridized carbons (Fsp3) is 0.909. The Labute approximate surface area is 180 Å². The average Bonchev–Trinajstić information content (AvgIpc) is 3.33. The molecule has 1 aromatic rings. The molecule has 1 fully saturated rings. The Morgan fingerprint density at radius 1 is 0.933 bits per heavy atom. The van der Waals surface area contributed by atoms with E-state index in [0.29, 0.717) is 18.9 Å². The molecule has 2 heterocycles. The summed E-state index contributed by atoms with van der Waals surface area (Å²) < 4.78 is 12.5. The number of aromatic nitrogens is 3. The molecule has 1 aromatic heterocycles. The first-order chi connectivity index (χ1) is 14.7. The van der Waals surface area contributed by atoms with Gasteiger partial charge in [0.25, 0.3) is 0 Å². The zero-order valence-corrected chi connectivity index (χ0v) is 18.5. The monoisotopic (exact) mass is 427 g/mol. The van der Waals surface area contributed by atoms with Crippen molar-refractivity contribution in [3.63, 3.8) is 0 Å². The van der Waals surface area contributed by atoms with E-state index in [0.717, 1.165) is 6.42 Å². The van der Waals surface area contributed by atoms with E-state index in [1.807, 2.05) is 0 Å². The van der Waals surface area contributed by atoms with E-state index < -0.39 is 24.5 Å². The van der Waals surface area contributed by atoms with Crippen LogP contribution in [0.5, 0.6) is 0 Å². The van der Waals surface area contributed by atoms with E-state index in [2.05, 4.69) is 17.2 Å². The zero-order valence-electron chi connectivity index (χ0n) is 18.5. The molecule has 1 saturated heterocycles. The number of ether oxygens (including phenoxy) is 2. The maximum Gasteiger partial charge on any atom is 0.180 e. The SMILES string of the molecule is CCCCCCCCCCCCCCOCc1cn([C@@H]2O[C@H](CO)[C@@H](O)[C@@H]2O)nn1. The summed E-state index contributed by atoms with van der Waals surface area (Å²) in [5.74, 6) is 0. The highest BCUT2D eigenvalue weighted by molar-refractivity contribution is 4.94. The van der Waals surface area contributed by atoms with Crippen molar-refractivity contribution in [3.05, 3.63) is 11.9 Å². The van der Waals surface area contributed by atoms with Gasteiger partial charge in [-0.3, -0.25) is 0 Å². The van der Waals surface area contributed by atoms with E-state index in [4.69, 9.17) is 14.6 Å². The number of hydrogen-bond acceptors (Lipinski definition) is 7. The summed E-state index contributed by atoms with van der Waals surface area (Å²) in [7, 11) is 0. The Bertz CT molecular complexity index is 557. The van der Waals surface area contributed by atoms with Gasteiger partial charge < -0.3 is 24.8 Å². The summed E-state index contributed by atoms with van der Waals surface area (Å²) in [6, 6.07) is 0. The lowest BCUT2D eigenvalue weighted by Gasteiger charge is -2.13. The number of nitrogens with zero attached hydrogens (tertiary/aromatic N) is 3. The molecule has 0 saturated carbocycles. The van der Waals surface area contributed by atoms with Gasteiger partial charge in [-0.1, -0.05) is 82.8 Å². The molecule has 1 aliphatic heterocycles. The minimum absolute atomic E-state index is 0.354. The summed E-state index contributed by atoms with van der Waals surface area (Å²) in [6.45, 7) is 2.94. The van der Waals surface area contributed by atoms with Crippen LogP contribution in [0.1, 0.15) is 95.9 Å². The quantitative estimate of drug-likeness (QED) is 0.328. The zero-order chi connectivity index (χ0) is 21.6. The Morgan fingerprint density at radius 2 is 1.53 bits per heavy atom. The van der Waals surface area contributed by atoms with Gasteiger partial charge in [0.2, 0.25) is 0 Å². The Kier molecular flexibility index (Phi) is 12.5. The van der Waals surface area contributed by atoms with Crippen LogP contribution in [0.25, 0.3) is 0 Å². The van der Waals surface area contributed by atoms with Crippen molar-refractivity contribution >= 4 is 0 Å². The molecule has 8 nitrogen and oxygen atoms in total. The van der Waals surface area contributed by atoms with Gasteiger partial charge in [0.1, 0.15) is 24.0 Å². The second-order valence-corrected chi connectivity index (χ2v) is 8.36. The van der Waals surface area contributed by atoms with Crippen LogP contribution in [0.15, 0.2) is 6.20 Å². The van der Waals surface area contributed by atoms with Crippen molar-refractivity contribution < 1.29 is 24.8 Å². The van der Waals surface area contributed by atoms with E-state index in [1.54, 1.807) is 6.20 Å². The predicted octanol–water partition coefficient (Wildman–Crippen LogP) is 3.11. The molecule has 0 unspecified atom stereocenters. The van der Waals surface area contributed by atoms with Gasteiger partial charge in [0, 0.05) is 6.61 Å². The smallest absolute Gasteiger partial charge is 0.180 e. The molecule has 2 rings (SSSR count). The molecule has 0 spiro atoms. The molecule has 1 aliphatic rings. The number of unbranched alkanes of at least 4 members (excludes halogenated alkanes) is 11. The molecule has 4 atom stereocenters. The van der Waals surface area contributed by atoms with Crippen LogP contribution in [0.3, 0.4) is 0 Å². The summed E-state index contributed by atoms with van der Waals surface area (Å²) in [5.41, 5.74) is 0.645. The van der Waals surface area contributed by atoms with Gasteiger partial charge in [-0.15, -0.1) is 5.10 Å². The highest BCUT2D eigenvalue weighted by Gasteiger charge is 2.43. The highest BCUT2D eigenvalue weighted by atomic mass is 16.6. The van der Waals surface area contributed by atoms with Crippen molar-refractivity contribution in [2.75, 3.05) is 13.2 Å². The second-order valence-electron chi connectivity index (χ2n) is 8.36. The molecule has 174 valence electrons. The Hall–Kier alpha value is -1.06. The van der Waals surface area contributed by atoms with E-state index >= 15 is 0 Å². The van der Waals surface area contributed by atoms with Crippen LogP contribution in [0.2, 0.25) is 0 Å². The second kappa shape index (κ2) is 14.9. The number of rotatable bonds is 17. The maximum atomic E-state index is 10.0. The van der Waals surface area contributed by atoms with Crippen molar-refractivity contribution in [2.24, 2.45) is 0 Å². The summed E-state index contributed by atoms with van der Waals surface area (Å²) in [4.78, 5) is 0. The van der Waals surface area contributed by atoms with E-state index in [1.165, 1.54) is 75.3 Å². The van der Waals surface area contributed by atoms with Gasteiger partial charge >= 0.3 is 0 Å². The topological polar surface area (TPSA) is 110 Å². The van der Waals surface area contributed by atoms with Crippen molar-refractivity contribution in [2.45, 2.75) is 115 Å². The summed E-state index contributed by atoms with van der Waals surface area (Å²) >= 11 is 0. The molecule has 0 bridgehead atoms. The molecule has 0 aromatic carbocycles. The Morgan fingerprint density at radius 3 is 2.10 bits per heavy atom. The van der Waals surface area contributed by atoms with Gasteiger partial charge in [-0.2, -0.15) is 0 Å². The first-order valence-electron chi connectivity index (χ1n) is 11.8. The standard InChI is InChI=1S/C22H41N3O5/c1-2-3-4-5-6-7-8-9-10-11-12-13-14-29-17-18-15-25(24-23-18)22-21(28)20(27)19(16-26)30-22/h15,19-22,26-28H,2-14,16-17H2,1H3/t19-,20-,21+,22-/m1/s1. The van der Waals surface area contributed by atoms with Crippen LogP contribution < -0.4 is 0 Å². The first kappa shape index (κ1) is 25.2. The lowest BCUT2D eigenvalue weighted by Crippen LogP contribution is -2.33. The van der Waals surface area contributed by atoms with Crippen molar-refractivity contribution in [1.29, 1.82) is 0 Å². The minimum atomic E-state index is -1.15. The van der Waals surface area contributed by atoms with E-state index in [-0.39, 0.29) is 6.61 Å². The lowest BCUT2D eigenvalue weighted by atomic mass is 10.1. The van der Waals surface area contributed by atoms with Gasteiger partial charge in [0.15, 0.2) is 6.23 Å². The lowest BCUT2D eigenvalue weighted by molar-refractivity contribution is -0.0594. The van der Waals surface area contributed by atoms with Crippen molar-refractivity contribution in [3.8, 4) is 0 Å². The molecule has 30 heavy (non-hydrogen) atoms. The molecule has 0 radical (unpaired) electrons. The van der Waals surface area contributed by atoms with Crippen molar-refractivity contribution in [1.82, 2.24) is 15.0 Å². The van der Waals surface area contributed by atoms with Gasteiger partial charge in [-0.05, 0) is 6.42 Å². The third-order valence-corrected chi connectivity index (χ3v) is 5.73. The molecule has 3 N–H and O–H groups in total. The Balaban J connectivity index is 1.46. The molecular weight excluding hydrogens is 386 g/mol. The fourth-order valence-corrected chi connectivity index (χ4v) is 3.82.